The highest BCUT2D eigenvalue weighted by atomic mass is 19.2. The van der Waals surface area contributed by atoms with Gasteiger partial charge >= 0.3 is 0 Å². The van der Waals surface area contributed by atoms with Crippen LogP contribution < -0.4 is 5.32 Å². The van der Waals surface area contributed by atoms with E-state index in [1.54, 1.807) is 12.5 Å². The molecule has 0 saturated carbocycles. The topological polar surface area (TPSA) is 46.9 Å². The Bertz CT molecular complexity index is 1160. The van der Waals surface area contributed by atoms with Gasteiger partial charge in [-0.1, -0.05) is 54.6 Å². The number of imidazole rings is 1. The van der Waals surface area contributed by atoms with Crippen LogP contribution in [0.5, 0.6) is 0 Å². The monoisotopic (exact) mass is 403 g/mol. The molecule has 0 fully saturated rings. The van der Waals surface area contributed by atoms with Crippen LogP contribution in [0.1, 0.15) is 21.5 Å². The van der Waals surface area contributed by atoms with E-state index < -0.39 is 17.5 Å². The first kappa shape index (κ1) is 19.5. The van der Waals surface area contributed by atoms with Crippen LogP contribution in [0.4, 0.5) is 8.78 Å². The van der Waals surface area contributed by atoms with Crippen LogP contribution in [0.25, 0.3) is 11.1 Å². The Balaban J connectivity index is 1.50. The van der Waals surface area contributed by atoms with E-state index in [0.717, 1.165) is 34.9 Å². The molecule has 0 unspecified atom stereocenters. The molecular formula is C24H19F2N3O. The van der Waals surface area contributed by atoms with E-state index in [2.05, 4.69) is 10.3 Å². The zero-order chi connectivity index (χ0) is 20.9. The zero-order valence-electron chi connectivity index (χ0n) is 16.1. The number of rotatable bonds is 6. The first-order valence-electron chi connectivity index (χ1n) is 9.47. The highest BCUT2D eigenvalue weighted by Crippen LogP contribution is 2.24. The van der Waals surface area contributed by atoms with E-state index in [1.165, 1.54) is 12.1 Å². The number of benzene rings is 3. The zero-order valence-corrected chi connectivity index (χ0v) is 16.1. The van der Waals surface area contributed by atoms with Crippen LogP contribution in [0, 0.1) is 11.6 Å². The number of aromatic nitrogens is 2. The van der Waals surface area contributed by atoms with Crippen molar-refractivity contribution in [3.8, 4) is 11.1 Å². The lowest BCUT2D eigenvalue weighted by Gasteiger charge is -2.12. The van der Waals surface area contributed by atoms with Crippen molar-refractivity contribution in [3.63, 3.8) is 0 Å². The number of carbonyl (C=O) groups is 1. The van der Waals surface area contributed by atoms with Gasteiger partial charge in [0.2, 0.25) is 0 Å². The minimum Gasteiger partial charge on any atom is -0.348 e. The highest BCUT2D eigenvalue weighted by Gasteiger charge is 2.15. The molecule has 0 aliphatic carbocycles. The van der Waals surface area contributed by atoms with Gasteiger partial charge in [0, 0.05) is 25.5 Å². The normalized spacial score (nSPS) is 10.7. The van der Waals surface area contributed by atoms with E-state index in [9.17, 15) is 13.6 Å². The molecule has 0 radical (unpaired) electrons. The molecule has 30 heavy (non-hydrogen) atoms. The van der Waals surface area contributed by atoms with Crippen molar-refractivity contribution in [2.24, 2.45) is 0 Å². The lowest BCUT2D eigenvalue weighted by molar-refractivity contribution is 0.0946. The van der Waals surface area contributed by atoms with Crippen LogP contribution in [-0.2, 0) is 13.1 Å². The first-order valence-corrected chi connectivity index (χ1v) is 9.47. The van der Waals surface area contributed by atoms with Crippen molar-refractivity contribution in [2.75, 3.05) is 0 Å². The standard InChI is InChI=1S/C24H19F2N3O/c25-22-7-3-6-21(23(22)26)24(30)28-14-19-4-1-2-5-20(19)18-10-8-17(9-11-18)15-29-13-12-27-16-29/h1-13,16H,14-15H2,(H,28,30). The largest absolute Gasteiger partial charge is 0.348 e. The van der Waals surface area contributed by atoms with Crippen LogP contribution >= 0.6 is 0 Å². The summed E-state index contributed by atoms with van der Waals surface area (Å²) in [6.07, 6.45) is 5.43. The Morgan fingerprint density at radius 1 is 0.967 bits per heavy atom. The van der Waals surface area contributed by atoms with E-state index in [-0.39, 0.29) is 12.1 Å². The lowest BCUT2D eigenvalue weighted by Crippen LogP contribution is -2.24. The Morgan fingerprint density at radius 3 is 2.53 bits per heavy atom. The average Bonchev–Trinajstić information content (AvgIpc) is 3.28. The number of hydrogen-bond acceptors (Lipinski definition) is 2. The Labute approximate surface area is 172 Å². The van der Waals surface area contributed by atoms with Crippen LogP contribution in [0.3, 0.4) is 0 Å². The van der Waals surface area contributed by atoms with Gasteiger partial charge in [-0.15, -0.1) is 0 Å². The molecule has 3 aromatic carbocycles. The van der Waals surface area contributed by atoms with Gasteiger partial charge in [-0.3, -0.25) is 4.79 Å². The molecule has 150 valence electrons. The molecule has 6 heteroatoms. The van der Waals surface area contributed by atoms with Crippen molar-refractivity contribution < 1.29 is 13.6 Å². The number of halogens is 2. The van der Waals surface area contributed by atoms with E-state index in [1.807, 2.05) is 59.3 Å². The van der Waals surface area contributed by atoms with Crippen LogP contribution in [0.2, 0.25) is 0 Å². The number of amides is 1. The van der Waals surface area contributed by atoms with Gasteiger partial charge in [-0.25, -0.2) is 13.8 Å². The van der Waals surface area contributed by atoms with Crippen LogP contribution in [0.15, 0.2) is 85.5 Å². The number of nitrogens with one attached hydrogen (secondary N) is 1. The summed E-state index contributed by atoms with van der Waals surface area (Å²) in [7, 11) is 0. The Morgan fingerprint density at radius 2 is 1.77 bits per heavy atom. The SMILES string of the molecule is O=C(NCc1ccccc1-c1ccc(Cn2ccnc2)cc1)c1cccc(F)c1F. The van der Waals surface area contributed by atoms with Crippen molar-refractivity contribution in [1.82, 2.24) is 14.9 Å². The summed E-state index contributed by atoms with van der Waals surface area (Å²) in [6, 6.07) is 19.4. The third-order valence-electron chi connectivity index (χ3n) is 4.84. The molecule has 0 spiro atoms. The summed E-state index contributed by atoms with van der Waals surface area (Å²) < 4.78 is 29.2. The summed E-state index contributed by atoms with van der Waals surface area (Å²) in [5.41, 5.74) is 3.68. The maximum absolute atomic E-state index is 13.9. The summed E-state index contributed by atoms with van der Waals surface area (Å²) in [6.45, 7) is 0.929. The molecule has 4 aromatic rings. The van der Waals surface area contributed by atoms with Gasteiger partial charge in [0.05, 0.1) is 11.9 Å². The second kappa shape index (κ2) is 8.69. The molecule has 1 aromatic heterocycles. The van der Waals surface area contributed by atoms with Crippen molar-refractivity contribution >= 4 is 5.91 Å². The smallest absolute Gasteiger partial charge is 0.254 e. The van der Waals surface area contributed by atoms with E-state index in [4.69, 9.17) is 0 Å². The Hall–Kier alpha value is -3.80. The maximum atomic E-state index is 13.9. The third-order valence-corrected chi connectivity index (χ3v) is 4.84. The fourth-order valence-corrected chi connectivity index (χ4v) is 3.29. The number of carbonyl (C=O) groups excluding carboxylic acids is 1. The number of hydrogen-bond donors (Lipinski definition) is 1. The van der Waals surface area contributed by atoms with Crippen LogP contribution in [-0.4, -0.2) is 15.5 Å². The molecule has 1 amide bonds. The molecule has 0 atom stereocenters. The predicted molar refractivity (Wildman–Crippen MR) is 111 cm³/mol. The Kier molecular flexibility index (Phi) is 5.66. The lowest BCUT2D eigenvalue weighted by atomic mass is 9.98. The molecule has 0 saturated heterocycles. The predicted octanol–water partition coefficient (Wildman–Crippen LogP) is 4.81. The van der Waals surface area contributed by atoms with Crippen molar-refractivity contribution in [3.05, 3.63) is 114 Å². The third kappa shape index (κ3) is 4.27. The van der Waals surface area contributed by atoms with Crippen molar-refractivity contribution in [2.45, 2.75) is 13.1 Å². The van der Waals surface area contributed by atoms with E-state index in [0.29, 0.717) is 0 Å². The summed E-state index contributed by atoms with van der Waals surface area (Å²) in [5.74, 6) is -2.84. The molecular weight excluding hydrogens is 384 g/mol. The first-order chi connectivity index (χ1) is 14.6. The number of nitrogens with zero attached hydrogens (tertiary/aromatic N) is 2. The molecule has 4 rings (SSSR count). The molecule has 0 aliphatic rings. The van der Waals surface area contributed by atoms with Gasteiger partial charge < -0.3 is 9.88 Å². The summed E-state index contributed by atoms with van der Waals surface area (Å²) >= 11 is 0. The second-order valence-corrected chi connectivity index (χ2v) is 6.87. The quantitative estimate of drug-likeness (QED) is 0.502. The summed E-state index contributed by atoms with van der Waals surface area (Å²) in [5, 5.41) is 2.68. The average molecular weight is 403 g/mol. The maximum Gasteiger partial charge on any atom is 0.254 e. The molecule has 1 N–H and O–H groups in total. The fourth-order valence-electron chi connectivity index (χ4n) is 3.29. The second-order valence-electron chi connectivity index (χ2n) is 6.87. The molecule has 0 bridgehead atoms. The van der Waals surface area contributed by atoms with Gasteiger partial charge in [0.15, 0.2) is 11.6 Å². The minimum absolute atomic E-state index is 0.196. The van der Waals surface area contributed by atoms with Crippen molar-refractivity contribution in [1.29, 1.82) is 0 Å². The van der Waals surface area contributed by atoms with Gasteiger partial charge in [0.1, 0.15) is 0 Å². The van der Waals surface area contributed by atoms with Gasteiger partial charge in [-0.2, -0.15) is 0 Å². The summed E-state index contributed by atoms with van der Waals surface area (Å²) in [4.78, 5) is 16.4. The van der Waals surface area contributed by atoms with E-state index >= 15 is 0 Å². The van der Waals surface area contributed by atoms with Gasteiger partial charge in [0.25, 0.3) is 5.91 Å². The minimum atomic E-state index is -1.14. The molecule has 4 nitrogen and oxygen atoms in total. The highest BCUT2D eigenvalue weighted by molar-refractivity contribution is 5.94. The molecule has 0 aliphatic heterocycles. The fraction of sp³-hybridized carbons (Fsp3) is 0.0833. The van der Waals surface area contributed by atoms with Gasteiger partial charge in [-0.05, 0) is 34.4 Å². The molecule has 1 heterocycles.